The Morgan fingerprint density at radius 2 is 1.97 bits per heavy atom. The predicted octanol–water partition coefficient (Wildman–Crippen LogP) is 2.28. The number of hydrogen-bond donors (Lipinski definition) is 3. The van der Waals surface area contributed by atoms with E-state index in [0.29, 0.717) is 23.4 Å². The van der Waals surface area contributed by atoms with E-state index in [2.05, 4.69) is 24.5 Å². The second kappa shape index (κ2) is 9.62. The Labute approximate surface area is 176 Å². The zero-order chi connectivity index (χ0) is 20.8. The summed E-state index contributed by atoms with van der Waals surface area (Å²) in [5.41, 5.74) is 2.07. The molecule has 0 aliphatic carbocycles. The summed E-state index contributed by atoms with van der Waals surface area (Å²) in [4.78, 5) is 28.9. The van der Waals surface area contributed by atoms with Crippen molar-refractivity contribution >= 4 is 40.9 Å². The van der Waals surface area contributed by atoms with E-state index in [1.807, 2.05) is 53.9 Å². The molecule has 0 aromatic heterocycles. The maximum Gasteiger partial charge on any atom is 0.261 e. The molecule has 0 saturated carbocycles. The van der Waals surface area contributed by atoms with E-state index in [4.69, 9.17) is 0 Å². The number of benzene rings is 2. The van der Waals surface area contributed by atoms with Gasteiger partial charge in [-0.05, 0) is 30.8 Å². The Bertz CT molecular complexity index is 935. The zero-order valence-electron chi connectivity index (χ0n) is 16.6. The molecule has 0 fully saturated rings. The summed E-state index contributed by atoms with van der Waals surface area (Å²) in [5.74, 6) is -0.0591. The van der Waals surface area contributed by atoms with Crippen LogP contribution in [0.5, 0.6) is 0 Å². The van der Waals surface area contributed by atoms with Gasteiger partial charge in [-0.3, -0.25) is 14.5 Å². The molecule has 0 saturated heterocycles. The molecule has 7 heteroatoms. The first kappa shape index (κ1) is 21.0. The number of quaternary nitrogens is 1. The normalized spacial score (nSPS) is 13.4. The van der Waals surface area contributed by atoms with Crippen LogP contribution in [0.15, 0.2) is 55.5 Å². The summed E-state index contributed by atoms with van der Waals surface area (Å²) in [6.07, 6.45) is 6.68. The van der Waals surface area contributed by atoms with Crippen molar-refractivity contribution in [3.8, 4) is 0 Å². The van der Waals surface area contributed by atoms with Gasteiger partial charge in [0.2, 0.25) is 0 Å². The van der Waals surface area contributed by atoms with E-state index in [-0.39, 0.29) is 11.8 Å². The first-order valence-electron chi connectivity index (χ1n) is 9.73. The molecule has 29 heavy (non-hydrogen) atoms. The van der Waals surface area contributed by atoms with Crippen LogP contribution < -0.4 is 10.6 Å². The lowest BCUT2D eigenvalue weighted by atomic mass is 9.93. The number of hydrogen-bond acceptors (Lipinski definition) is 5. The van der Waals surface area contributed by atoms with Crippen molar-refractivity contribution in [3.63, 3.8) is 0 Å². The minimum Gasteiger partial charge on any atom is -0.384 e. The minimum absolute atomic E-state index is 0.250. The highest BCUT2D eigenvalue weighted by molar-refractivity contribution is 7.80. The summed E-state index contributed by atoms with van der Waals surface area (Å²) in [6, 6.07) is 9.34. The van der Waals surface area contributed by atoms with Crippen LogP contribution >= 0.6 is 12.6 Å². The van der Waals surface area contributed by atoms with Crippen LogP contribution in [-0.4, -0.2) is 54.0 Å². The Morgan fingerprint density at radius 3 is 2.66 bits per heavy atom. The first-order chi connectivity index (χ1) is 14.1. The van der Waals surface area contributed by atoms with Gasteiger partial charge < -0.3 is 15.5 Å². The van der Waals surface area contributed by atoms with E-state index < -0.39 is 0 Å². The van der Waals surface area contributed by atoms with Crippen LogP contribution in [-0.2, 0) is 0 Å². The molecule has 2 amide bonds. The molecule has 1 heterocycles. The average Bonchev–Trinajstić information content (AvgIpc) is 2.74. The lowest BCUT2D eigenvalue weighted by Crippen LogP contribution is -2.72. The first-order valence-corrected chi connectivity index (χ1v) is 10.4. The lowest BCUT2D eigenvalue weighted by molar-refractivity contribution is -0.557. The van der Waals surface area contributed by atoms with Crippen LogP contribution in [0.4, 0.5) is 5.69 Å². The fraction of sp³-hybridized carbons (Fsp3) is 0.273. The number of carbonyl (C=O) groups excluding carboxylic acids is 2. The van der Waals surface area contributed by atoms with Crippen LogP contribution in [0.1, 0.15) is 27.1 Å². The average molecular weight is 412 g/mol. The number of anilines is 1. The number of nitrogens with zero attached hydrogens (tertiary/aromatic N) is 2. The number of nitrogens with one attached hydrogen (secondary N) is 1. The molecule has 0 atom stereocenters. The van der Waals surface area contributed by atoms with Crippen LogP contribution in [0.25, 0.3) is 10.8 Å². The molecule has 3 N–H and O–H groups in total. The largest absolute Gasteiger partial charge is 0.384 e. The van der Waals surface area contributed by atoms with Crippen molar-refractivity contribution in [2.75, 3.05) is 37.8 Å². The highest BCUT2D eigenvalue weighted by atomic mass is 32.1. The monoisotopic (exact) mass is 411 g/mol. The fourth-order valence-corrected chi connectivity index (χ4v) is 3.71. The Balaban J connectivity index is 1.80. The Kier molecular flexibility index (Phi) is 6.95. The summed E-state index contributed by atoms with van der Waals surface area (Å²) < 4.78 is 0. The highest BCUT2D eigenvalue weighted by Crippen LogP contribution is 2.34. The molecule has 0 unspecified atom stereocenters. The van der Waals surface area contributed by atoms with Crippen LogP contribution in [0, 0.1) is 0 Å². The maximum atomic E-state index is 12.8. The van der Waals surface area contributed by atoms with Crippen molar-refractivity contribution in [2.45, 2.75) is 6.42 Å². The second-order valence-corrected chi connectivity index (χ2v) is 7.20. The third-order valence-electron chi connectivity index (χ3n) is 4.93. The van der Waals surface area contributed by atoms with Crippen molar-refractivity contribution in [2.24, 2.45) is 0 Å². The number of nitrogens with two attached hydrogens (primary N) is 1. The molecule has 6 nitrogen and oxygen atoms in total. The molecule has 0 radical (unpaired) electrons. The second-order valence-electron chi connectivity index (χ2n) is 6.75. The van der Waals surface area contributed by atoms with Gasteiger partial charge in [-0.25, -0.2) is 0 Å². The molecular formula is C22H27N4O2S+. The summed E-state index contributed by atoms with van der Waals surface area (Å²) in [7, 11) is 1.98. The summed E-state index contributed by atoms with van der Waals surface area (Å²) >= 11 is 4.17. The third-order valence-corrected chi connectivity index (χ3v) is 5.13. The molecule has 1 aliphatic heterocycles. The standard InChI is InChI=1S/C22H26N4O2S/c1-3-25(13-11-23-2)12-5-10-24-19-9-8-18-20-16(19)6-4-7-17(20)21(27)26(14-15-29)22(18)28/h3-4,6-9,11,13,23-24,29H,1,5,10,12,14-15H2,2H3/p+1/b13-11-. The molecule has 0 bridgehead atoms. The van der Waals surface area contributed by atoms with Gasteiger partial charge in [0, 0.05) is 53.0 Å². The van der Waals surface area contributed by atoms with E-state index in [1.165, 1.54) is 4.90 Å². The van der Waals surface area contributed by atoms with Crippen LogP contribution in [0.3, 0.4) is 0 Å². The smallest absolute Gasteiger partial charge is 0.261 e. The highest BCUT2D eigenvalue weighted by Gasteiger charge is 2.32. The summed E-state index contributed by atoms with van der Waals surface area (Å²) in [5, 5.41) is 7.06. The Morgan fingerprint density at radius 1 is 1.21 bits per heavy atom. The quantitative estimate of drug-likeness (QED) is 0.319. The van der Waals surface area contributed by atoms with Gasteiger partial charge in [-0.1, -0.05) is 18.7 Å². The van der Waals surface area contributed by atoms with E-state index in [9.17, 15) is 9.59 Å². The van der Waals surface area contributed by atoms with E-state index in [0.717, 1.165) is 36.0 Å². The Hall–Kier alpha value is -2.77. The van der Waals surface area contributed by atoms with Crippen molar-refractivity contribution in [1.29, 1.82) is 0 Å². The van der Waals surface area contributed by atoms with E-state index >= 15 is 0 Å². The molecule has 0 spiro atoms. The fourth-order valence-electron chi connectivity index (χ4n) is 3.51. The predicted molar refractivity (Wildman–Crippen MR) is 120 cm³/mol. The number of rotatable bonds is 10. The van der Waals surface area contributed by atoms with Gasteiger partial charge in [-0.2, -0.15) is 12.6 Å². The van der Waals surface area contributed by atoms with Gasteiger partial charge in [-0.15, -0.1) is 0 Å². The van der Waals surface area contributed by atoms with Gasteiger partial charge in [0.15, 0.2) is 0 Å². The van der Waals surface area contributed by atoms with Crippen molar-refractivity contribution in [1.82, 2.24) is 9.80 Å². The number of imide groups is 1. The molecule has 3 rings (SSSR count). The van der Waals surface area contributed by atoms with Gasteiger partial charge >= 0.3 is 0 Å². The molecule has 2 aromatic carbocycles. The number of thiol groups is 1. The third kappa shape index (κ3) is 4.31. The minimum atomic E-state index is -0.250. The topological polar surface area (TPSA) is 69.3 Å². The van der Waals surface area contributed by atoms with Crippen LogP contribution in [0.2, 0.25) is 0 Å². The number of carbonyl (C=O) groups is 2. The van der Waals surface area contributed by atoms with Crippen molar-refractivity contribution < 1.29 is 14.9 Å². The van der Waals surface area contributed by atoms with Crippen molar-refractivity contribution in [3.05, 3.63) is 66.6 Å². The van der Waals surface area contributed by atoms with Gasteiger partial charge in [0.1, 0.15) is 6.20 Å². The van der Waals surface area contributed by atoms with Gasteiger partial charge in [0.05, 0.1) is 13.2 Å². The zero-order valence-corrected chi connectivity index (χ0v) is 17.5. The SMILES string of the molecule is C=CN(/C=C\[NH2+]C)CCCNc1ccc2c3c(cccc13)C(=O)N(CCS)C2=O. The summed E-state index contributed by atoms with van der Waals surface area (Å²) in [6.45, 7) is 5.74. The van der Waals surface area contributed by atoms with E-state index in [1.54, 1.807) is 12.3 Å². The maximum absolute atomic E-state index is 12.8. The van der Waals surface area contributed by atoms with Gasteiger partial charge in [0.25, 0.3) is 11.8 Å². The molecule has 152 valence electrons. The molecule has 1 aliphatic rings. The lowest BCUT2D eigenvalue weighted by Gasteiger charge is -2.27. The molecular weight excluding hydrogens is 384 g/mol. The molecule has 2 aromatic rings. The number of amides is 2.